The lowest BCUT2D eigenvalue weighted by Gasteiger charge is -2.33. The van der Waals surface area contributed by atoms with Gasteiger partial charge in [-0.05, 0) is 39.1 Å². The van der Waals surface area contributed by atoms with Gasteiger partial charge in [0, 0.05) is 37.6 Å². The number of amides is 1. The van der Waals surface area contributed by atoms with Crippen LogP contribution in [0.3, 0.4) is 0 Å². The highest BCUT2D eigenvalue weighted by molar-refractivity contribution is 5.95. The van der Waals surface area contributed by atoms with E-state index in [-0.39, 0.29) is 12.0 Å². The maximum atomic E-state index is 13.0. The van der Waals surface area contributed by atoms with Crippen LogP contribution in [0.2, 0.25) is 0 Å². The first-order valence-corrected chi connectivity index (χ1v) is 9.10. The molecule has 0 aliphatic carbocycles. The summed E-state index contributed by atoms with van der Waals surface area (Å²) in [6, 6.07) is 10.2. The molecule has 1 aliphatic rings. The number of nitrogens with zero attached hydrogens (tertiary/aromatic N) is 3. The van der Waals surface area contributed by atoms with Crippen LogP contribution in [0, 0.1) is 6.92 Å². The molecule has 1 unspecified atom stereocenters. The molecular weight excluding hydrogens is 326 g/mol. The van der Waals surface area contributed by atoms with Crippen LogP contribution in [0.1, 0.15) is 22.3 Å². The number of hydrogen-bond donors (Lipinski definition) is 0. The molecule has 0 spiro atoms. The van der Waals surface area contributed by atoms with Crippen molar-refractivity contribution < 1.29 is 9.53 Å². The van der Waals surface area contributed by atoms with Gasteiger partial charge in [0.05, 0.1) is 18.3 Å². The average molecular weight is 353 g/mol. The molecular formula is C21H27N3O2. The van der Waals surface area contributed by atoms with E-state index in [0.29, 0.717) is 25.3 Å². The summed E-state index contributed by atoms with van der Waals surface area (Å²) in [5, 5.41) is 0. The van der Waals surface area contributed by atoms with Crippen LogP contribution in [0.15, 0.2) is 42.7 Å². The van der Waals surface area contributed by atoms with Crippen LogP contribution < -0.4 is 0 Å². The Labute approximate surface area is 155 Å². The number of hydrogen-bond acceptors (Lipinski definition) is 4. The van der Waals surface area contributed by atoms with Crippen molar-refractivity contribution in [3.63, 3.8) is 0 Å². The number of carbonyl (C=O) groups excluding carboxylic acids is 1. The first-order valence-electron chi connectivity index (χ1n) is 9.10. The van der Waals surface area contributed by atoms with Gasteiger partial charge in [-0.1, -0.05) is 29.8 Å². The summed E-state index contributed by atoms with van der Waals surface area (Å²) < 4.78 is 5.81. The summed E-state index contributed by atoms with van der Waals surface area (Å²) in [7, 11) is 4.10. The molecule has 1 saturated heterocycles. The maximum absolute atomic E-state index is 13.0. The standard InChI is InChI=1S/C21H27N3O2/c1-16-5-4-6-17(11-16)18-12-19(14-22-13-18)21(25)24-9-10-26-20(15-24)7-8-23(2)3/h4-6,11-14,20H,7-10,15H2,1-3H3. The van der Waals surface area contributed by atoms with Crippen LogP contribution in [0.4, 0.5) is 0 Å². The Kier molecular flexibility index (Phi) is 6.01. The number of aryl methyl sites for hydroxylation is 1. The zero-order chi connectivity index (χ0) is 18.5. The van der Waals surface area contributed by atoms with E-state index < -0.39 is 0 Å². The molecule has 0 bridgehead atoms. The van der Waals surface area contributed by atoms with Crippen LogP contribution >= 0.6 is 0 Å². The molecule has 1 atom stereocenters. The second-order valence-corrected chi connectivity index (χ2v) is 7.17. The van der Waals surface area contributed by atoms with Crippen molar-refractivity contribution in [2.75, 3.05) is 40.3 Å². The SMILES string of the molecule is Cc1cccc(-c2cncc(C(=O)N3CCOC(CCN(C)C)C3)c2)c1. The minimum atomic E-state index is 0.0326. The Bertz CT molecular complexity index is 760. The van der Waals surface area contributed by atoms with E-state index in [2.05, 4.69) is 28.9 Å². The Balaban J connectivity index is 1.72. The first-order chi connectivity index (χ1) is 12.5. The molecule has 3 rings (SSSR count). The van der Waals surface area contributed by atoms with Crippen LogP contribution in [-0.4, -0.2) is 67.1 Å². The molecule has 5 heteroatoms. The molecule has 5 nitrogen and oxygen atoms in total. The van der Waals surface area contributed by atoms with Gasteiger partial charge in [-0.3, -0.25) is 9.78 Å². The molecule has 1 aromatic heterocycles. The first kappa shape index (κ1) is 18.5. The fourth-order valence-electron chi connectivity index (χ4n) is 3.20. The Morgan fingerprint density at radius 3 is 2.88 bits per heavy atom. The molecule has 26 heavy (non-hydrogen) atoms. The lowest BCUT2D eigenvalue weighted by molar-refractivity contribution is -0.0269. The van der Waals surface area contributed by atoms with Gasteiger partial charge in [0.1, 0.15) is 0 Å². The van der Waals surface area contributed by atoms with Gasteiger partial charge in [-0.25, -0.2) is 0 Å². The molecule has 2 heterocycles. The van der Waals surface area contributed by atoms with Crippen LogP contribution in [-0.2, 0) is 4.74 Å². The molecule has 2 aromatic rings. The van der Waals surface area contributed by atoms with Crippen molar-refractivity contribution in [1.82, 2.24) is 14.8 Å². The summed E-state index contributed by atoms with van der Waals surface area (Å²) in [5.74, 6) is 0.0326. The van der Waals surface area contributed by atoms with Gasteiger partial charge in [-0.15, -0.1) is 0 Å². The minimum absolute atomic E-state index is 0.0326. The van der Waals surface area contributed by atoms with Gasteiger partial charge >= 0.3 is 0 Å². The summed E-state index contributed by atoms with van der Waals surface area (Å²) in [6.45, 7) is 4.88. The third-order valence-electron chi connectivity index (χ3n) is 4.66. The summed E-state index contributed by atoms with van der Waals surface area (Å²) in [5.41, 5.74) is 3.88. The van der Waals surface area contributed by atoms with Gasteiger partial charge in [0.15, 0.2) is 0 Å². The normalized spacial score (nSPS) is 17.5. The lowest BCUT2D eigenvalue weighted by Crippen LogP contribution is -2.46. The van der Waals surface area contributed by atoms with Crippen molar-refractivity contribution in [3.05, 3.63) is 53.9 Å². The molecule has 1 aliphatic heterocycles. The van der Waals surface area contributed by atoms with E-state index in [1.807, 2.05) is 43.4 Å². The summed E-state index contributed by atoms with van der Waals surface area (Å²) in [6.07, 6.45) is 4.50. The fourth-order valence-corrected chi connectivity index (χ4v) is 3.20. The largest absolute Gasteiger partial charge is 0.374 e. The van der Waals surface area contributed by atoms with Crippen molar-refractivity contribution in [2.45, 2.75) is 19.4 Å². The highest BCUT2D eigenvalue weighted by atomic mass is 16.5. The number of aromatic nitrogens is 1. The Hall–Kier alpha value is -2.24. The monoisotopic (exact) mass is 353 g/mol. The number of morpholine rings is 1. The maximum Gasteiger partial charge on any atom is 0.255 e. The van der Waals surface area contributed by atoms with E-state index in [0.717, 1.165) is 24.1 Å². The molecule has 1 fully saturated rings. The Morgan fingerprint density at radius 1 is 1.27 bits per heavy atom. The Morgan fingerprint density at radius 2 is 2.12 bits per heavy atom. The smallest absolute Gasteiger partial charge is 0.255 e. The zero-order valence-corrected chi connectivity index (χ0v) is 15.8. The second-order valence-electron chi connectivity index (χ2n) is 7.17. The molecule has 0 saturated carbocycles. The summed E-state index contributed by atoms with van der Waals surface area (Å²) >= 11 is 0. The van der Waals surface area contributed by atoms with E-state index in [4.69, 9.17) is 4.74 Å². The number of ether oxygens (including phenoxy) is 1. The second kappa shape index (κ2) is 8.43. The highest BCUT2D eigenvalue weighted by Gasteiger charge is 2.25. The average Bonchev–Trinajstić information content (AvgIpc) is 2.66. The van der Waals surface area contributed by atoms with E-state index >= 15 is 0 Å². The van der Waals surface area contributed by atoms with Gasteiger partial charge in [0.2, 0.25) is 0 Å². The van der Waals surface area contributed by atoms with Crippen LogP contribution in [0.25, 0.3) is 11.1 Å². The van der Waals surface area contributed by atoms with E-state index in [9.17, 15) is 4.79 Å². The van der Waals surface area contributed by atoms with Gasteiger partial charge in [0.25, 0.3) is 5.91 Å². The quantitative estimate of drug-likeness (QED) is 0.829. The number of benzene rings is 1. The van der Waals surface area contributed by atoms with Crippen molar-refractivity contribution in [3.8, 4) is 11.1 Å². The minimum Gasteiger partial charge on any atom is -0.374 e. The van der Waals surface area contributed by atoms with E-state index in [1.54, 1.807) is 6.20 Å². The van der Waals surface area contributed by atoms with Crippen molar-refractivity contribution in [1.29, 1.82) is 0 Å². The third-order valence-corrected chi connectivity index (χ3v) is 4.66. The molecule has 0 radical (unpaired) electrons. The van der Waals surface area contributed by atoms with Gasteiger partial charge < -0.3 is 14.5 Å². The predicted molar refractivity (Wildman–Crippen MR) is 103 cm³/mol. The zero-order valence-electron chi connectivity index (χ0n) is 15.8. The topological polar surface area (TPSA) is 45.7 Å². The fraction of sp³-hybridized carbons (Fsp3) is 0.429. The number of rotatable bonds is 5. The highest BCUT2D eigenvalue weighted by Crippen LogP contribution is 2.21. The molecule has 0 N–H and O–H groups in total. The predicted octanol–water partition coefficient (Wildman–Crippen LogP) is 2.85. The van der Waals surface area contributed by atoms with Crippen molar-refractivity contribution >= 4 is 5.91 Å². The van der Waals surface area contributed by atoms with Gasteiger partial charge in [-0.2, -0.15) is 0 Å². The number of carbonyl (C=O) groups is 1. The van der Waals surface area contributed by atoms with Crippen LogP contribution in [0.5, 0.6) is 0 Å². The lowest BCUT2D eigenvalue weighted by atomic mass is 10.0. The molecule has 1 aromatic carbocycles. The summed E-state index contributed by atoms with van der Waals surface area (Å²) in [4.78, 5) is 21.3. The van der Waals surface area contributed by atoms with E-state index in [1.165, 1.54) is 5.56 Å². The molecule has 138 valence electrons. The molecule has 1 amide bonds. The number of pyridine rings is 1. The van der Waals surface area contributed by atoms with Crippen molar-refractivity contribution in [2.24, 2.45) is 0 Å². The third kappa shape index (κ3) is 4.68.